The third-order valence-corrected chi connectivity index (χ3v) is 4.18. The van der Waals surface area contributed by atoms with Gasteiger partial charge >= 0.3 is 5.97 Å². The molecule has 0 aliphatic heterocycles. The van der Waals surface area contributed by atoms with E-state index in [0.717, 1.165) is 12.1 Å². The Hall–Kier alpha value is -1.62. The summed E-state index contributed by atoms with van der Waals surface area (Å²) >= 11 is 5.46. The number of hydrogen-bond acceptors (Lipinski definition) is 2. The van der Waals surface area contributed by atoms with Gasteiger partial charge in [-0.25, -0.2) is 4.79 Å². The quantitative estimate of drug-likeness (QED) is 0.779. The first kappa shape index (κ1) is 18.4. The molecule has 0 saturated heterocycles. The lowest BCUT2D eigenvalue weighted by Crippen LogP contribution is -2.45. The highest BCUT2D eigenvalue weighted by Crippen LogP contribution is 2.28. The van der Waals surface area contributed by atoms with Gasteiger partial charge in [0, 0.05) is 12.2 Å². The number of nitrogens with one attached hydrogen (secondary N) is 1. The standard InChI is InChI=1S/C17H26N2O2S/c1-6-13-9-8-10-14(11(3)4)15(13)18-17(22)19(7-2)12(5)16(20)21/h8-12H,6-7H2,1-5H3,(H,18,22)(H,20,21). The smallest absolute Gasteiger partial charge is 0.326 e. The molecule has 122 valence electrons. The molecule has 1 unspecified atom stereocenters. The van der Waals surface area contributed by atoms with Crippen LogP contribution in [-0.2, 0) is 11.2 Å². The Labute approximate surface area is 138 Å². The predicted molar refractivity (Wildman–Crippen MR) is 95.6 cm³/mol. The van der Waals surface area contributed by atoms with Crippen LogP contribution in [0.3, 0.4) is 0 Å². The van der Waals surface area contributed by atoms with E-state index in [1.807, 2.05) is 6.92 Å². The van der Waals surface area contributed by atoms with E-state index < -0.39 is 12.0 Å². The first-order chi connectivity index (χ1) is 10.3. The molecular weight excluding hydrogens is 296 g/mol. The van der Waals surface area contributed by atoms with Crippen molar-refractivity contribution < 1.29 is 9.90 Å². The van der Waals surface area contributed by atoms with Gasteiger partial charge in [-0.3, -0.25) is 0 Å². The van der Waals surface area contributed by atoms with Crippen molar-refractivity contribution in [3.63, 3.8) is 0 Å². The molecule has 2 N–H and O–H groups in total. The minimum Gasteiger partial charge on any atom is -0.480 e. The maximum atomic E-state index is 11.2. The molecule has 1 aromatic rings. The van der Waals surface area contributed by atoms with Crippen LogP contribution in [0.1, 0.15) is 51.7 Å². The van der Waals surface area contributed by atoms with Gasteiger partial charge in [-0.15, -0.1) is 0 Å². The summed E-state index contributed by atoms with van der Waals surface area (Å²) in [4.78, 5) is 12.9. The van der Waals surface area contributed by atoms with E-state index in [4.69, 9.17) is 12.2 Å². The average Bonchev–Trinajstić information content (AvgIpc) is 2.47. The summed E-state index contributed by atoms with van der Waals surface area (Å²) in [6.07, 6.45) is 0.895. The van der Waals surface area contributed by atoms with Gasteiger partial charge in [0.25, 0.3) is 0 Å². The SMILES string of the molecule is CCc1cccc(C(C)C)c1NC(=S)N(CC)C(C)C(=O)O. The van der Waals surface area contributed by atoms with E-state index in [0.29, 0.717) is 17.6 Å². The Morgan fingerprint density at radius 1 is 1.32 bits per heavy atom. The molecule has 0 fully saturated rings. The molecule has 0 aliphatic carbocycles. The number of hydrogen-bond donors (Lipinski definition) is 2. The average molecular weight is 322 g/mol. The Morgan fingerprint density at radius 3 is 2.41 bits per heavy atom. The number of carboxylic acids is 1. The van der Waals surface area contributed by atoms with Gasteiger partial charge in [-0.1, -0.05) is 39.0 Å². The maximum Gasteiger partial charge on any atom is 0.326 e. The van der Waals surface area contributed by atoms with Crippen molar-refractivity contribution >= 4 is 29.0 Å². The molecule has 0 saturated carbocycles. The molecule has 0 aromatic heterocycles. The summed E-state index contributed by atoms with van der Waals surface area (Å²) in [5, 5.41) is 13.0. The molecule has 5 heteroatoms. The molecule has 1 aromatic carbocycles. The maximum absolute atomic E-state index is 11.2. The molecule has 0 spiro atoms. The van der Waals surface area contributed by atoms with Crippen LogP contribution in [0.2, 0.25) is 0 Å². The Morgan fingerprint density at radius 2 is 1.95 bits per heavy atom. The second-order valence-electron chi connectivity index (χ2n) is 5.62. The zero-order valence-electron chi connectivity index (χ0n) is 14.0. The summed E-state index contributed by atoms with van der Waals surface area (Å²) in [6, 6.07) is 5.57. The van der Waals surface area contributed by atoms with Crippen LogP contribution in [0.15, 0.2) is 18.2 Å². The lowest BCUT2D eigenvalue weighted by Gasteiger charge is -2.29. The molecule has 4 nitrogen and oxygen atoms in total. The van der Waals surface area contributed by atoms with Gasteiger partial charge in [0.05, 0.1) is 0 Å². The van der Waals surface area contributed by atoms with Crippen LogP contribution in [0, 0.1) is 0 Å². The number of carboxylic acid groups (broad SMARTS) is 1. The molecule has 0 bridgehead atoms. The molecule has 0 aliphatic rings. The van der Waals surface area contributed by atoms with Crippen LogP contribution in [-0.4, -0.2) is 33.7 Å². The summed E-state index contributed by atoms with van der Waals surface area (Å²) in [5.74, 6) is -0.511. The first-order valence-electron chi connectivity index (χ1n) is 7.75. The summed E-state index contributed by atoms with van der Waals surface area (Å²) in [5.41, 5.74) is 3.40. The van der Waals surface area contributed by atoms with E-state index in [-0.39, 0.29) is 0 Å². The minimum atomic E-state index is -0.876. The van der Waals surface area contributed by atoms with E-state index in [9.17, 15) is 9.90 Å². The monoisotopic (exact) mass is 322 g/mol. The number of anilines is 1. The summed E-state index contributed by atoms with van der Waals surface area (Å²) in [7, 11) is 0. The van der Waals surface area contributed by atoms with Gasteiger partial charge in [-0.05, 0) is 49.5 Å². The second-order valence-corrected chi connectivity index (χ2v) is 6.01. The zero-order chi connectivity index (χ0) is 16.9. The molecule has 0 radical (unpaired) electrons. The zero-order valence-corrected chi connectivity index (χ0v) is 14.8. The predicted octanol–water partition coefficient (Wildman–Crippen LogP) is 3.86. The third-order valence-electron chi connectivity index (χ3n) is 3.84. The van der Waals surface area contributed by atoms with Crippen molar-refractivity contribution in [2.45, 2.75) is 53.0 Å². The van der Waals surface area contributed by atoms with Crippen molar-refractivity contribution in [3.05, 3.63) is 29.3 Å². The number of nitrogens with zero attached hydrogens (tertiary/aromatic N) is 1. The van der Waals surface area contributed by atoms with Gasteiger partial charge < -0.3 is 15.3 Å². The highest BCUT2D eigenvalue weighted by atomic mass is 32.1. The Kier molecular flexibility index (Phi) is 6.81. The number of rotatable bonds is 6. The highest BCUT2D eigenvalue weighted by molar-refractivity contribution is 7.80. The number of aryl methyl sites for hydroxylation is 1. The number of likely N-dealkylation sites (N-methyl/N-ethyl adjacent to an activating group) is 1. The van der Waals surface area contributed by atoms with Crippen LogP contribution in [0.25, 0.3) is 0 Å². The molecular formula is C17H26N2O2S. The van der Waals surface area contributed by atoms with Gasteiger partial charge in [0.15, 0.2) is 5.11 Å². The number of thiocarbonyl (C=S) groups is 1. The van der Waals surface area contributed by atoms with Crippen LogP contribution >= 0.6 is 12.2 Å². The molecule has 1 rings (SSSR count). The number of aliphatic carboxylic acids is 1. The molecule has 1 atom stereocenters. The Bertz CT molecular complexity index is 543. The van der Waals surface area contributed by atoms with E-state index in [2.05, 4.69) is 44.3 Å². The van der Waals surface area contributed by atoms with E-state index in [1.54, 1.807) is 11.8 Å². The van der Waals surface area contributed by atoms with Crippen molar-refractivity contribution in [1.29, 1.82) is 0 Å². The number of carbonyl (C=O) groups is 1. The number of benzene rings is 1. The topological polar surface area (TPSA) is 52.6 Å². The minimum absolute atomic E-state index is 0.365. The van der Waals surface area contributed by atoms with Crippen molar-refractivity contribution in [3.8, 4) is 0 Å². The lowest BCUT2D eigenvalue weighted by molar-refractivity contribution is -0.141. The van der Waals surface area contributed by atoms with Gasteiger partial charge in [-0.2, -0.15) is 0 Å². The highest BCUT2D eigenvalue weighted by Gasteiger charge is 2.22. The Balaban J connectivity index is 3.12. The summed E-state index contributed by atoms with van der Waals surface area (Å²) < 4.78 is 0. The fourth-order valence-corrected chi connectivity index (χ4v) is 2.84. The fraction of sp³-hybridized carbons (Fsp3) is 0.529. The van der Waals surface area contributed by atoms with Gasteiger partial charge in [0.2, 0.25) is 0 Å². The molecule has 0 amide bonds. The largest absolute Gasteiger partial charge is 0.480 e. The van der Waals surface area contributed by atoms with E-state index >= 15 is 0 Å². The van der Waals surface area contributed by atoms with Crippen LogP contribution < -0.4 is 5.32 Å². The van der Waals surface area contributed by atoms with E-state index in [1.165, 1.54) is 11.1 Å². The van der Waals surface area contributed by atoms with Crippen LogP contribution in [0.5, 0.6) is 0 Å². The van der Waals surface area contributed by atoms with Crippen molar-refractivity contribution in [2.75, 3.05) is 11.9 Å². The first-order valence-corrected chi connectivity index (χ1v) is 8.16. The second kappa shape index (κ2) is 8.13. The van der Waals surface area contributed by atoms with Gasteiger partial charge in [0.1, 0.15) is 6.04 Å². The van der Waals surface area contributed by atoms with Crippen molar-refractivity contribution in [2.24, 2.45) is 0 Å². The summed E-state index contributed by atoms with van der Waals surface area (Å²) in [6.45, 7) is 10.5. The van der Waals surface area contributed by atoms with Crippen molar-refractivity contribution in [1.82, 2.24) is 4.90 Å². The van der Waals surface area contributed by atoms with Crippen LogP contribution in [0.4, 0.5) is 5.69 Å². The fourth-order valence-electron chi connectivity index (χ4n) is 2.45. The normalized spacial score (nSPS) is 12.1. The lowest BCUT2D eigenvalue weighted by atomic mass is 9.96. The number of para-hydroxylation sites is 1. The molecule has 0 heterocycles. The third kappa shape index (κ3) is 4.19. The molecule has 22 heavy (non-hydrogen) atoms.